The third-order valence-electron chi connectivity index (χ3n) is 3.39. The standard InChI is InChI=1S/C17H20N4O3S2/c1-10(2)24-15(23)11-3-5-12(6-4-11)18-14(22)9-25-17-21-20-16(26-17)19-13-7-8-13/h3-6,10,13H,7-9H2,1-2H3,(H,18,22)(H,19,20). The Kier molecular flexibility index (Phi) is 6.10. The monoisotopic (exact) mass is 392 g/mol. The lowest BCUT2D eigenvalue weighted by atomic mass is 10.2. The molecule has 0 radical (unpaired) electrons. The van der Waals surface area contributed by atoms with Crippen LogP contribution >= 0.6 is 23.1 Å². The van der Waals surface area contributed by atoms with E-state index in [9.17, 15) is 9.59 Å². The molecule has 1 fully saturated rings. The highest BCUT2D eigenvalue weighted by atomic mass is 32.2. The zero-order valence-electron chi connectivity index (χ0n) is 14.5. The van der Waals surface area contributed by atoms with E-state index < -0.39 is 0 Å². The van der Waals surface area contributed by atoms with Crippen LogP contribution in [0.3, 0.4) is 0 Å². The van der Waals surface area contributed by atoms with E-state index in [0.29, 0.717) is 17.3 Å². The molecule has 2 aromatic rings. The van der Waals surface area contributed by atoms with Crippen LogP contribution in [-0.2, 0) is 9.53 Å². The first-order valence-corrected chi connectivity index (χ1v) is 10.1. The Labute approximate surface area is 159 Å². The van der Waals surface area contributed by atoms with Crippen molar-refractivity contribution in [2.45, 2.75) is 43.2 Å². The summed E-state index contributed by atoms with van der Waals surface area (Å²) in [7, 11) is 0. The van der Waals surface area contributed by atoms with E-state index in [4.69, 9.17) is 4.74 Å². The van der Waals surface area contributed by atoms with Crippen molar-refractivity contribution in [1.29, 1.82) is 0 Å². The van der Waals surface area contributed by atoms with Crippen molar-refractivity contribution in [3.8, 4) is 0 Å². The van der Waals surface area contributed by atoms with Crippen LogP contribution in [0.25, 0.3) is 0 Å². The molecule has 1 heterocycles. The molecule has 2 N–H and O–H groups in total. The number of aromatic nitrogens is 2. The van der Waals surface area contributed by atoms with Crippen LogP contribution in [0.15, 0.2) is 28.6 Å². The van der Waals surface area contributed by atoms with E-state index in [0.717, 1.165) is 9.47 Å². The highest BCUT2D eigenvalue weighted by Gasteiger charge is 2.22. The van der Waals surface area contributed by atoms with Crippen LogP contribution in [-0.4, -0.2) is 40.0 Å². The average Bonchev–Trinajstić information content (AvgIpc) is 3.29. The summed E-state index contributed by atoms with van der Waals surface area (Å²) in [4.78, 5) is 23.9. The van der Waals surface area contributed by atoms with Crippen molar-refractivity contribution >= 4 is 45.8 Å². The van der Waals surface area contributed by atoms with Crippen LogP contribution in [0, 0.1) is 0 Å². The Bertz CT molecular complexity index is 773. The smallest absolute Gasteiger partial charge is 0.338 e. The van der Waals surface area contributed by atoms with E-state index in [-0.39, 0.29) is 23.7 Å². The summed E-state index contributed by atoms with van der Waals surface area (Å²) in [6, 6.07) is 7.16. The number of thioether (sulfide) groups is 1. The Balaban J connectivity index is 1.45. The number of benzene rings is 1. The molecule has 0 atom stereocenters. The maximum Gasteiger partial charge on any atom is 0.338 e. The number of nitrogens with zero attached hydrogens (tertiary/aromatic N) is 2. The molecule has 0 bridgehead atoms. The van der Waals surface area contributed by atoms with Crippen LogP contribution in [0.5, 0.6) is 0 Å². The summed E-state index contributed by atoms with van der Waals surface area (Å²) >= 11 is 2.81. The van der Waals surface area contributed by atoms with Gasteiger partial charge in [0.05, 0.1) is 17.4 Å². The Hall–Kier alpha value is -2.13. The number of carbonyl (C=O) groups excluding carboxylic acids is 2. The predicted octanol–water partition coefficient (Wildman–Crippen LogP) is 3.41. The second-order valence-corrected chi connectivity index (χ2v) is 8.36. The lowest BCUT2D eigenvalue weighted by Crippen LogP contribution is -2.14. The van der Waals surface area contributed by atoms with Gasteiger partial charge in [0.25, 0.3) is 0 Å². The van der Waals surface area contributed by atoms with Crippen molar-refractivity contribution in [3.63, 3.8) is 0 Å². The quantitative estimate of drug-likeness (QED) is 0.525. The minimum absolute atomic E-state index is 0.139. The molecule has 7 nitrogen and oxygen atoms in total. The maximum absolute atomic E-state index is 12.1. The van der Waals surface area contributed by atoms with Gasteiger partial charge in [-0.2, -0.15) is 0 Å². The number of carbonyl (C=O) groups is 2. The average molecular weight is 393 g/mol. The molecule has 26 heavy (non-hydrogen) atoms. The zero-order valence-corrected chi connectivity index (χ0v) is 16.2. The van der Waals surface area contributed by atoms with Crippen molar-refractivity contribution < 1.29 is 14.3 Å². The van der Waals surface area contributed by atoms with Gasteiger partial charge in [0.15, 0.2) is 4.34 Å². The molecule has 1 aliphatic rings. The normalized spacial score (nSPS) is 13.5. The van der Waals surface area contributed by atoms with E-state index in [1.54, 1.807) is 38.1 Å². The molecule has 1 amide bonds. The lowest BCUT2D eigenvalue weighted by Gasteiger charge is -2.08. The first kappa shape index (κ1) is 18.7. The summed E-state index contributed by atoms with van der Waals surface area (Å²) in [5.74, 6) is -0.269. The summed E-state index contributed by atoms with van der Waals surface area (Å²) in [5.41, 5.74) is 1.08. The molecule has 0 spiro atoms. The molecule has 0 saturated heterocycles. The molecule has 1 aromatic heterocycles. The molecule has 1 saturated carbocycles. The fourth-order valence-electron chi connectivity index (χ4n) is 2.02. The number of anilines is 2. The largest absolute Gasteiger partial charge is 0.459 e. The van der Waals surface area contributed by atoms with E-state index in [2.05, 4.69) is 20.8 Å². The number of rotatable bonds is 8. The van der Waals surface area contributed by atoms with Gasteiger partial charge < -0.3 is 15.4 Å². The molecule has 1 aromatic carbocycles. The van der Waals surface area contributed by atoms with Gasteiger partial charge in [-0.15, -0.1) is 10.2 Å². The molecule has 9 heteroatoms. The molecule has 0 aliphatic heterocycles. The SMILES string of the molecule is CC(C)OC(=O)c1ccc(NC(=O)CSc2nnc(NC3CC3)s2)cc1. The molecular weight excluding hydrogens is 372 g/mol. The predicted molar refractivity (Wildman–Crippen MR) is 103 cm³/mol. The number of hydrogen-bond acceptors (Lipinski definition) is 8. The third kappa shape index (κ3) is 5.70. The van der Waals surface area contributed by atoms with Gasteiger partial charge in [0.1, 0.15) is 0 Å². The molecule has 138 valence electrons. The fourth-order valence-corrected chi connectivity index (χ4v) is 3.65. The Morgan fingerprint density at radius 3 is 2.65 bits per heavy atom. The van der Waals surface area contributed by atoms with Gasteiger partial charge >= 0.3 is 5.97 Å². The number of hydrogen-bond donors (Lipinski definition) is 2. The van der Waals surface area contributed by atoms with Crippen LogP contribution in [0.1, 0.15) is 37.0 Å². The lowest BCUT2D eigenvalue weighted by molar-refractivity contribution is -0.113. The molecule has 1 aliphatic carbocycles. The van der Waals surface area contributed by atoms with Gasteiger partial charge in [-0.25, -0.2) is 4.79 Å². The third-order valence-corrected chi connectivity index (χ3v) is 5.37. The number of esters is 1. The van der Waals surface area contributed by atoms with Crippen LogP contribution in [0.2, 0.25) is 0 Å². The van der Waals surface area contributed by atoms with Crippen molar-refractivity contribution in [1.82, 2.24) is 10.2 Å². The fraction of sp³-hybridized carbons (Fsp3) is 0.412. The summed E-state index contributed by atoms with van der Waals surface area (Å²) in [6.45, 7) is 3.60. The summed E-state index contributed by atoms with van der Waals surface area (Å²) < 4.78 is 5.89. The number of nitrogens with one attached hydrogen (secondary N) is 2. The first-order chi connectivity index (χ1) is 12.5. The summed E-state index contributed by atoms with van der Waals surface area (Å²) in [6.07, 6.45) is 2.19. The van der Waals surface area contributed by atoms with Gasteiger partial charge in [0, 0.05) is 11.7 Å². The van der Waals surface area contributed by atoms with Gasteiger partial charge in [-0.05, 0) is 51.0 Å². The second-order valence-electron chi connectivity index (χ2n) is 6.16. The molecular formula is C17H20N4O3S2. The van der Waals surface area contributed by atoms with Crippen molar-refractivity contribution in [2.24, 2.45) is 0 Å². The minimum atomic E-state index is -0.375. The Morgan fingerprint density at radius 1 is 1.27 bits per heavy atom. The van der Waals surface area contributed by atoms with E-state index in [1.807, 2.05) is 0 Å². The van der Waals surface area contributed by atoms with Gasteiger partial charge in [0.2, 0.25) is 11.0 Å². The minimum Gasteiger partial charge on any atom is -0.459 e. The molecule has 0 unspecified atom stereocenters. The highest BCUT2D eigenvalue weighted by Crippen LogP contribution is 2.30. The zero-order chi connectivity index (χ0) is 18.5. The van der Waals surface area contributed by atoms with E-state index in [1.165, 1.54) is 35.9 Å². The van der Waals surface area contributed by atoms with Crippen LogP contribution < -0.4 is 10.6 Å². The number of ether oxygens (including phenoxy) is 1. The maximum atomic E-state index is 12.1. The topological polar surface area (TPSA) is 93.2 Å². The van der Waals surface area contributed by atoms with Crippen molar-refractivity contribution in [3.05, 3.63) is 29.8 Å². The van der Waals surface area contributed by atoms with E-state index >= 15 is 0 Å². The van der Waals surface area contributed by atoms with Gasteiger partial charge in [-0.1, -0.05) is 23.1 Å². The van der Waals surface area contributed by atoms with Crippen molar-refractivity contribution in [2.75, 3.05) is 16.4 Å². The highest BCUT2D eigenvalue weighted by molar-refractivity contribution is 8.01. The number of amides is 1. The second kappa shape index (κ2) is 8.50. The Morgan fingerprint density at radius 2 is 2.00 bits per heavy atom. The van der Waals surface area contributed by atoms with Crippen LogP contribution in [0.4, 0.5) is 10.8 Å². The molecule has 3 rings (SSSR count). The van der Waals surface area contributed by atoms with Gasteiger partial charge in [-0.3, -0.25) is 4.79 Å². The first-order valence-electron chi connectivity index (χ1n) is 8.33. The summed E-state index contributed by atoms with van der Waals surface area (Å²) in [5, 5.41) is 15.0.